The van der Waals surface area contributed by atoms with E-state index in [1.54, 1.807) is 23.3 Å². The fraction of sp³-hybridized carbons (Fsp3) is 0.321. The van der Waals surface area contributed by atoms with Crippen molar-refractivity contribution in [1.29, 1.82) is 0 Å². The molecular weight excluding hydrogens is 527 g/mol. The van der Waals surface area contributed by atoms with Gasteiger partial charge in [0.25, 0.3) is 0 Å². The fourth-order valence-corrected chi connectivity index (χ4v) is 3.69. The van der Waals surface area contributed by atoms with Crippen molar-refractivity contribution in [3.05, 3.63) is 88.5 Å². The summed E-state index contributed by atoms with van der Waals surface area (Å²) >= 11 is 1.74. The Morgan fingerprint density at radius 1 is 0.906 bits per heavy atom. The number of allylic oxidation sites excluding steroid dienone is 4. The maximum Gasteiger partial charge on any atom is -0.0398 e. The van der Waals surface area contributed by atoms with Crippen molar-refractivity contribution in [2.75, 3.05) is 0 Å². The summed E-state index contributed by atoms with van der Waals surface area (Å²) in [5.41, 5.74) is 9.77. The molecule has 0 saturated carbocycles. The number of fused-ring (bicyclic) bond motifs is 1. The van der Waals surface area contributed by atoms with E-state index in [-0.39, 0.29) is 30.2 Å². The first-order valence-corrected chi connectivity index (χ1v) is 16.8. The standard InChI is InChI=1S/C17H15.C9H13.C2H6Si.2ClH.Zr/c1-12-9-13(2)11-15(10-12)17-8-7-14-5-3-4-6-16(14)17;1-6-5-7(2)9(4)8(6)3;1-3-2;;;/h3-11H,1-2H3;6H,1-4H3;1-2H3;2*1H;/q2*-1;;;;+2/p-2. The Morgan fingerprint density at radius 3 is 1.88 bits per heavy atom. The van der Waals surface area contributed by atoms with E-state index in [0.29, 0.717) is 5.92 Å². The zero-order valence-electron chi connectivity index (χ0n) is 20.5. The Labute approximate surface area is 223 Å². The van der Waals surface area contributed by atoms with Gasteiger partial charge < -0.3 is 24.8 Å². The number of benzene rings is 2. The van der Waals surface area contributed by atoms with Crippen LogP contribution in [-0.2, 0) is 23.3 Å². The Kier molecular flexibility index (Phi) is 14.1. The number of rotatable bonds is 1. The zero-order chi connectivity index (χ0) is 22.4. The van der Waals surface area contributed by atoms with Crippen molar-refractivity contribution in [3.8, 4) is 11.1 Å². The molecule has 170 valence electrons. The Balaban J connectivity index is 0.000000547. The van der Waals surface area contributed by atoms with Crippen LogP contribution in [0.15, 0.2) is 71.3 Å². The minimum atomic E-state index is 0. The molecule has 32 heavy (non-hydrogen) atoms. The molecule has 3 aromatic rings. The normalized spacial score (nSPS) is 14.3. The predicted molar refractivity (Wildman–Crippen MR) is 132 cm³/mol. The van der Waals surface area contributed by atoms with Crippen LogP contribution in [0, 0.1) is 25.8 Å². The summed E-state index contributed by atoms with van der Waals surface area (Å²) in [6.07, 6.45) is 3.36. The molecule has 0 bridgehead atoms. The first-order valence-electron chi connectivity index (χ1n) is 10.6. The van der Waals surface area contributed by atoms with Gasteiger partial charge >= 0.3 is 41.9 Å². The minimum absolute atomic E-state index is 0. The third-order valence-corrected chi connectivity index (χ3v) is 5.45. The first kappa shape index (κ1) is 31.2. The molecule has 4 rings (SSSR count). The van der Waals surface area contributed by atoms with Crippen molar-refractivity contribution in [2.45, 2.75) is 54.6 Å². The summed E-state index contributed by atoms with van der Waals surface area (Å²) in [6.45, 7) is 17.6. The number of aryl methyl sites for hydroxylation is 2. The van der Waals surface area contributed by atoms with Crippen LogP contribution in [0.3, 0.4) is 0 Å². The van der Waals surface area contributed by atoms with E-state index in [9.17, 15) is 0 Å². The molecule has 0 fully saturated rings. The second-order valence-electron chi connectivity index (χ2n) is 8.51. The molecule has 1 aliphatic carbocycles. The average molecular weight is 561 g/mol. The van der Waals surface area contributed by atoms with E-state index in [1.165, 1.54) is 49.7 Å². The molecule has 4 heteroatoms. The van der Waals surface area contributed by atoms with Gasteiger partial charge in [0, 0.05) is 0 Å². The predicted octanol–water partition coefficient (Wildman–Crippen LogP) is 2.36. The first-order chi connectivity index (χ1) is 14.1. The third kappa shape index (κ3) is 8.86. The number of hydrogen-bond donors (Lipinski definition) is 0. The van der Waals surface area contributed by atoms with Gasteiger partial charge in [0.15, 0.2) is 0 Å². The molecule has 0 saturated heterocycles. The van der Waals surface area contributed by atoms with Crippen molar-refractivity contribution in [1.82, 2.24) is 0 Å². The maximum atomic E-state index is 3.36. The Morgan fingerprint density at radius 2 is 1.44 bits per heavy atom. The monoisotopic (exact) mass is 558 g/mol. The van der Waals surface area contributed by atoms with Crippen molar-refractivity contribution in [2.24, 2.45) is 5.92 Å². The van der Waals surface area contributed by atoms with E-state index < -0.39 is 0 Å². The minimum Gasteiger partial charge on any atom is -1.00 e. The fourth-order valence-electron chi connectivity index (χ4n) is 3.69. The van der Waals surface area contributed by atoms with Crippen LogP contribution in [-0.4, -0.2) is 5.43 Å². The van der Waals surface area contributed by atoms with Gasteiger partial charge in [-0.3, -0.25) is 6.08 Å². The van der Waals surface area contributed by atoms with Gasteiger partial charge in [-0.05, 0) is 13.8 Å². The molecule has 1 aliphatic rings. The SMILES string of the molecule is CC1=[C-]C(C)C(C)=C1C.C[Si](C)=[Zr+2].Cc1cc(C)cc(-c2c[cH-]c3ccccc23)c1.[Cl-].[Cl-]. The van der Waals surface area contributed by atoms with Gasteiger partial charge in [-0.1, -0.05) is 67.6 Å². The molecular formula is C28H34Cl2SiZr-2. The maximum absolute atomic E-state index is 3.36. The smallest absolute Gasteiger partial charge is 0.0398 e. The molecule has 0 aromatic heterocycles. The van der Waals surface area contributed by atoms with Crippen LogP contribution >= 0.6 is 0 Å². The van der Waals surface area contributed by atoms with Gasteiger partial charge in [0.05, 0.1) is 0 Å². The van der Waals surface area contributed by atoms with Crippen LogP contribution in [0.1, 0.15) is 38.8 Å². The van der Waals surface area contributed by atoms with Gasteiger partial charge in [0.2, 0.25) is 0 Å². The van der Waals surface area contributed by atoms with Crippen LogP contribution < -0.4 is 24.8 Å². The second-order valence-corrected chi connectivity index (χ2v) is 17.9. The summed E-state index contributed by atoms with van der Waals surface area (Å²) in [4.78, 5) is 0. The van der Waals surface area contributed by atoms with Crippen molar-refractivity contribution in [3.63, 3.8) is 0 Å². The van der Waals surface area contributed by atoms with E-state index in [0.717, 1.165) is 0 Å². The molecule has 3 aromatic carbocycles. The van der Waals surface area contributed by atoms with E-state index in [1.807, 2.05) is 0 Å². The van der Waals surface area contributed by atoms with Gasteiger partial charge in [-0.25, -0.2) is 5.57 Å². The molecule has 0 nitrogen and oxygen atoms in total. The molecule has 0 N–H and O–H groups in total. The third-order valence-electron chi connectivity index (χ3n) is 5.45. The number of hydrogen-bond acceptors (Lipinski definition) is 0. The van der Waals surface area contributed by atoms with Crippen LogP contribution in [0.2, 0.25) is 13.1 Å². The quantitative estimate of drug-likeness (QED) is 0.317. The van der Waals surface area contributed by atoms with Crippen LogP contribution in [0.4, 0.5) is 0 Å². The van der Waals surface area contributed by atoms with E-state index in [4.69, 9.17) is 0 Å². The second kappa shape index (κ2) is 14.5. The average Bonchev–Trinajstić information content (AvgIpc) is 3.18. The van der Waals surface area contributed by atoms with Crippen LogP contribution in [0.5, 0.6) is 0 Å². The molecule has 0 heterocycles. The molecule has 1 atom stereocenters. The molecule has 0 aliphatic heterocycles. The molecule has 1 unspecified atom stereocenters. The Hall–Kier alpha value is -0.790. The summed E-state index contributed by atoms with van der Waals surface area (Å²) in [6, 6.07) is 19.7. The summed E-state index contributed by atoms with van der Waals surface area (Å²) in [5.74, 6) is 0.560. The van der Waals surface area contributed by atoms with Gasteiger partial charge in [-0.2, -0.15) is 11.1 Å². The van der Waals surface area contributed by atoms with Crippen molar-refractivity contribution < 1.29 is 48.1 Å². The molecule has 0 spiro atoms. The zero-order valence-corrected chi connectivity index (χ0v) is 25.5. The van der Waals surface area contributed by atoms with Gasteiger partial charge in [-0.15, -0.1) is 53.6 Å². The largest absolute Gasteiger partial charge is 1.00 e. The summed E-state index contributed by atoms with van der Waals surface area (Å²) < 4.78 is 0. The molecule has 0 radical (unpaired) electrons. The van der Waals surface area contributed by atoms with E-state index >= 15 is 0 Å². The summed E-state index contributed by atoms with van der Waals surface area (Å²) in [5, 5.41) is 2.67. The number of halogens is 2. The summed E-state index contributed by atoms with van der Waals surface area (Å²) in [7, 11) is 0. The van der Waals surface area contributed by atoms with Crippen LogP contribution in [0.25, 0.3) is 21.9 Å². The van der Waals surface area contributed by atoms with Crippen molar-refractivity contribution >= 4 is 16.2 Å². The molecule has 0 amide bonds. The van der Waals surface area contributed by atoms with E-state index in [2.05, 4.69) is 115 Å². The van der Waals surface area contributed by atoms with Gasteiger partial charge in [0.1, 0.15) is 0 Å². The topological polar surface area (TPSA) is 0 Å². The Bertz CT molecular complexity index is 1080.